The van der Waals surface area contributed by atoms with E-state index in [2.05, 4.69) is 6.92 Å². The molecule has 0 saturated carbocycles. The van der Waals surface area contributed by atoms with E-state index in [0.29, 0.717) is 52.4 Å². The zero-order chi connectivity index (χ0) is 20.9. The van der Waals surface area contributed by atoms with Gasteiger partial charge < -0.3 is 25.0 Å². The summed E-state index contributed by atoms with van der Waals surface area (Å²) in [5.74, 6) is -0.0331. The van der Waals surface area contributed by atoms with Crippen molar-refractivity contribution in [1.82, 2.24) is 9.80 Å². The van der Waals surface area contributed by atoms with Crippen molar-refractivity contribution < 1.29 is 19.1 Å². The maximum absolute atomic E-state index is 12.5. The van der Waals surface area contributed by atoms with E-state index in [0.717, 1.165) is 31.2 Å². The highest BCUT2D eigenvalue weighted by Crippen LogP contribution is 2.09. The van der Waals surface area contributed by atoms with Crippen LogP contribution in [0.4, 0.5) is 4.79 Å². The Morgan fingerprint density at radius 3 is 2.38 bits per heavy atom. The molecular weight excluding hydrogens is 370 g/mol. The standard InChI is InChI=1S/C22H35N3O4/c1-2-3-17-29-22(27)25-14-12-24(13-15-25)21(26)20(23)11-7-8-16-28-18-19-9-5-4-6-10-19/h4-6,9-10,20H,2-3,7-8,11-18,23H2,1H3. The summed E-state index contributed by atoms with van der Waals surface area (Å²) in [7, 11) is 0. The Morgan fingerprint density at radius 2 is 1.69 bits per heavy atom. The molecule has 7 nitrogen and oxygen atoms in total. The van der Waals surface area contributed by atoms with E-state index in [1.54, 1.807) is 9.80 Å². The summed E-state index contributed by atoms with van der Waals surface area (Å²) in [5, 5.41) is 0. The average Bonchev–Trinajstić information content (AvgIpc) is 2.76. The number of nitrogens with two attached hydrogens (primary N) is 1. The number of carbonyl (C=O) groups excluding carboxylic acids is 2. The van der Waals surface area contributed by atoms with Crippen LogP contribution in [0.2, 0.25) is 0 Å². The van der Waals surface area contributed by atoms with Crippen molar-refractivity contribution in [3.63, 3.8) is 0 Å². The minimum absolute atomic E-state index is 0.0331. The van der Waals surface area contributed by atoms with Crippen LogP contribution in [-0.2, 0) is 20.9 Å². The van der Waals surface area contributed by atoms with E-state index in [4.69, 9.17) is 15.2 Å². The minimum Gasteiger partial charge on any atom is -0.449 e. The normalized spacial score (nSPS) is 15.2. The van der Waals surface area contributed by atoms with Crippen molar-refractivity contribution in [3.8, 4) is 0 Å². The number of hydrogen-bond donors (Lipinski definition) is 1. The van der Waals surface area contributed by atoms with Crippen molar-refractivity contribution >= 4 is 12.0 Å². The highest BCUT2D eigenvalue weighted by atomic mass is 16.6. The van der Waals surface area contributed by atoms with Crippen LogP contribution in [0.25, 0.3) is 0 Å². The molecule has 162 valence electrons. The number of rotatable bonds is 11. The lowest BCUT2D eigenvalue weighted by Gasteiger charge is -2.35. The van der Waals surface area contributed by atoms with E-state index in [-0.39, 0.29) is 12.0 Å². The molecule has 0 aliphatic carbocycles. The van der Waals surface area contributed by atoms with E-state index in [1.165, 1.54) is 0 Å². The SMILES string of the molecule is CCCCOC(=O)N1CCN(C(=O)C(N)CCCCOCc2ccccc2)CC1. The maximum Gasteiger partial charge on any atom is 0.409 e. The van der Waals surface area contributed by atoms with Gasteiger partial charge in [-0.1, -0.05) is 43.7 Å². The Labute approximate surface area is 174 Å². The van der Waals surface area contributed by atoms with Crippen LogP contribution in [0.15, 0.2) is 30.3 Å². The lowest BCUT2D eigenvalue weighted by molar-refractivity contribution is -0.134. The molecule has 1 aliphatic rings. The van der Waals surface area contributed by atoms with Crippen LogP contribution in [0, 0.1) is 0 Å². The van der Waals surface area contributed by atoms with Crippen molar-refractivity contribution in [3.05, 3.63) is 35.9 Å². The van der Waals surface area contributed by atoms with Gasteiger partial charge in [-0.05, 0) is 31.2 Å². The van der Waals surface area contributed by atoms with E-state index >= 15 is 0 Å². The van der Waals surface area contributed by atoms with Gasteiger partial charge in [0, 0.05) is 32.8 Å². The van der Waals surface area contributed by atoms with Crippen LogP contribution < -0.4 is 5.73 Å². The van der Waals surface area contributed by atoms with Crippen LogP contribution in [0.3, 0.4) is 0 Å². The summed E-state index contributed by atoms with van der Waals surface area (Å²) in [6.45, 7) is 5.79. The number of benzene rings is 1. The molecule has 1 heterocycles. The molecule has 1 aromatic rings. The summed E-state index contributed by atoms with van der Waals surface area (Å²) in [5.41, 5.74) is 7.25. The fourth-order valence-corrected chi connectivity index (χ4v) is 3.20. The van der Waals surface area contributed by atoms with Gasteiger partial charge in [0.15, 0.2) is 0 Å². The molecule has 2 N–H and O–H groups in total. The highest BCUT2D eigenvalue weighted by molar-refractivity contribution is 5.82. The summed E-state index contributed by atoms with van der Waals surface area (Å²) in [4.78, 5) is 27.9. The Morgan fingerprint density at radius 1 is 1.00 bits per heavy atom. The number of unbranched alkanes of at least 4 members (excludes halogenated alkanes) is 2. The molecule has 29 heavy (non-hydrogen) atoms. The Bertz CT molecular complexity index is 603. The molecule has 2 amide bonds. The number of ether oxygens (including phenoxy) is 2. The van der Waals surface area contributed by atoms with Crippen molar-refractivity contribution in [2.45, 2.75) is 51.7 Å². The van der Waals surface area contributed by atoms with Gasteiger partial charge in [-0.25, -0.2) is 4.79 Å². The monoisotopic (exact) mass is 405 g/mol. The van der Waals surface area contributed by atoms with Gasteiger partial charge in [0.1, 0.15) is 0 Å². The summed E-state index contributed by atoms with van der Waals surface area (Å²) >= 11 is 0. The first-order chi connectivity index (χ1) is 14.1. The lowest BCUT2D eigenvalue weighted by Crippen LogP contribution is -2.54. The average molecular weight is 406 g/mol. The highest BCUT2D eigenvalue weighted by Gasteiger charge is 2.27. The molecule has 1 aromatic carbocycles. The first-order valence-corrected chi connectivity index (χ1v) is 10.7. The number of amides is 2. The van der Waals surface area contributed by atoms with Crippen LogP contribution in [0.5, 0.6) is 0 Å². The molecule has 1 unspecified atom stereocenters. The first-order valence-electron chi connectivity index (χ1n) is 10.7. The Balaban J connectivity index is 1.56. The number of hydrogen-bond acceptors (Lipinski definition) is 5. The predicted molar refractivity (Wildman–Crippen MR) is 112 cm³/mol. The summed E-state index contributed by atoms with van der Waals surface area (Å²) in [6.07, 6.45) is 3.96. The molecule has 0 radical (unpaired) electrons. The second-order valence-electron chi connectivity index (χ2n) is 7.42. The van der Waals surface area contributed by atoms with E-state index in [9.17, 15) is 9.59 Å². The predicted octanol–water partition coefficient (Wildman–Crippen LogP) is 2.78. The molecular formula is C22H35N3O4. The topological polar surface area (TPSA) is 85.1 Å². The fraction of sp³-hybridized carbons (Fsp3) is 0.636. The third-order valence-corrected chi connectivity index (χ3v) is 5.06. The molecule has 0 bridgehead atoms. The number of piperazine rings is 1. The van der Waals surface area contributed by atoms with Gasteiger partial charge in [0.25, 0.3) is 0 Å². The lowest BCUT2D eigenvalue weighted by atomic mass is 10.1. The van der Waals surface area contributed by atoms with Gasteiger partial charge in [-0.15, -0.1) is 0 Å². The Kier molecular flexibility index (Phi) is 10.5. The van der Waals surface area contributed by atoms with Crippen LogP contribution in [0.1, 0.15) is 44.6 Å². The molecule has 2 rings (SSSR count). The molecule has 1 fully saturated rings. The van der Waals surface area contributed by atoms with Crippen LogP contribution in [-0.4, -0.2) is 67.2 Å². The van der Waals surface area contributed by atoms with E-state index < -0.39 is 6.04 Å². The van der Waals surface area contributed by atoms with E-state index in [1.807, 2.05) is 30.3 Å². The molecule has 1 atom stereocenters. The van der Waals surface area contributed by atoms with Crippen molar-refractivity contribution in [1.29, 1.82) is 0 Å². The second kappa shape index (κ2) is 13.2. The third-order valence-electron chi connectivity index (χ3n) is 5.06. The zero-order valence-electron chi connectivity index (χ0n) is 17.6. The van der Waals surface area contributed by atoms with Gasteiger partial charge in [0.2, 0.25) is 5.91 Å². The maximum atomic E-state index is 12.5. The fourth-order valence-electron chi connectivity index (χ4n) is 3.20. The van der Waals surface area contributed by atoms with Gasteiger partial charge in [-0.2, -0.15) is 0 Å². The number of carbonyl (C=O) groups is 2. The minimum atomic E-state index is -0.493. The molecule has 0 aromatic heterocycles. The molecule has 7 heteroatoms. The van der Waals surface area contributed by atoms with Crippen LogP contribution >= 0.6 is 0 Å². The second-order valence-corrected chi connectivity index (χ2v) is 7.42. The first kappa shape index (κ1) is 23.2. The van der Waals surface area contributed by atoms with Gasteiger partial charge >= 0.3 is 6.09 Å². The molecule has 0 spiro atoms. The van der Waals surface area contributed by atoms with Gasteiger partial charge in [-0.3, -0.25) is 4.79 Å². The largest absolute Gasteiger partial charge is 0.449 e. The molecule has 1 aliphatic heterocycles. The summed E-state index contributed by atoms with van der Waals surface area (Å²) < 4.78 is 10.9. The third kappa shape index (κ3) is 8.41. The van der Waals surface area contributed by atoms with Crippen molar-refractivity contribution in [2.24, 2.45) is 5.73 Å². The number of nitrogens with zero attached hydrogens (tertiary/aromatic N) is 2. The van der Waals surface area contributed by atoms with Crippen molar-refractivity contribution in [2.75, 3.05) is 39.4 Å². The molecule has 1 saturated heterocycles. The summed E-state index contributed by atoms with van der Waals surface area (Å²) in [6, 6.07) is 9.57. The smallest absolute Gasteiger partial charge is 0.409 e. The Hall–Kier alpha value is -2.12. The zero-order valence-corrected chi connectivity index (χ0v) is 17.6. The van der Waals surface area contributed by atoms with Gasteiger partial charge in [0.05, 0.1) is 19.3 Å². The quantitative estimate of drug-likeness (QED) is 0.572.